The minimum atomic E-state index is -0.729. The Bertz CT molecular complexity index is 409. The van der Waals surface area contributed by atoms with Gasteiger partial charge in [0.2, 0.25) is 5.91 Å². The van der Waals surface area contributed by atoms with E-state index in [-0.39, 0.29) is 23.3 Å². The van der Waals surface area contributed by atoms with Gasteiger partial charge in [-0.2, -0.15) is 0 Å². The van der Waals surface area contributed by atoms with E-state index in [1.165, 1.54) is 12.8 Å². The van der Waals surface area contributed by atoms with E-state index in [0.717, 1.165) is 32.4 Å². The van der Waals surface area contributed by atoms with Crippen molar-refractivity contribution in [3.05, 3.63) is 0 Å². The third-order valence-electron chi connectivity index (χ3n) is 6.12. The number of nitrogens with two attached hydrogens (primary N) is 1. The lowest BCUT2D eigenvalue weighted by atomic mass is 9.47. The van der Waals surface area contributed by atoms with Crippen LogP contribution in [0, 0.1) is 11.3 Å². The molecule has 2 saturated heterocycles. The Morgan fingerprint density at radius 1 is 1.25 bits per heavy atom. The van der Waals surface area contributed by atoms with Crippen LogP contribution in [0.1, 0.15) is 52.9 Å². The molecule has 0 radical (unpaired) electrons. The molecule has 20 heavy (non-hydrogen) atoms. The largest absolute Gasteiger partial charge is 0.377 e. The summed E-state index contributed by atoms with van der Waals surface area (Å²) < 4.78 is 5.80. The van der Waals surface area contributed by atoms with Gasteiger partial charge in [-0.1, -0.05) is 26.7 Å². The van der Waals surface area contributed by atoms with Crippen LogP contribution in [0.2, 0.25) is 0 Å². The van der Waals surface area contributed by atoms with Crippen LogP contribution < -0.4 is 5.73 Å². The van der Waals surface area contributed by atoms with Gasteiger partial charge in [-0.05, 0) is 26.2 Å². The molecule has 3 aliphatic rings. The van der Waals surface area contributed by atoms with Gasteiger partial charge in [0.25, 0.3) is 0 Å². The molecule has 3 rings (SSSR count). The van der Waals surface area contributed by atoms with Gasteiger partial charge in [-0.3, -0.25) is 4.79 Å². The number of amides is 1. The van der Waals surface area contributed by atoms with Gasteiger partial charge >= 0.3 is 0 Å². The first-order valence-corrected chi connectivity index (χ1v) is 8.12. The molecule has 4 atom stereocenters. The Labute approximate surface area is 122 Å². The molecular weight excluding hydrogens is 252 g/mol. The molecule has 4 unspecified atom stereocenters. The Hall–Kier alpha value is -0.610. The van der Waals surface area contributed by atoms with Crippen molar-refractivity contribution in [2.24, 2.45) is 17.1 Å². The number of likely N-dealkylation sites (tertiary alicyclic amines) is 1. The summed E-state index contributed by atoms with van der Waals surface area (Å²) in [6.07, 6.45) is 5.76. The number of ether oxygens (including phenoxy) is 1. The maximum absolute atomic E-state index is 13.2. The molecule has 1 amide bonds. The first-order valence-electron chi connectivity index (χ1n) is 8.12. The van der Waals surface area contributed by atoms with Crippen molar-refractivity contribution in [3.8, 4) is 0 Å². The van der Waals surface area contributed by atoms with E-state index >= 15 is 0 Å². The number of hydrogen-bond acceptors (Lipinski definition) is 3. The number of hydrogen-bond donors (Lipinski definition) is 1. The van der Waals surface area contributed by atoms with E-state index in [4.69, 9.17) is 10.5 Å². The first-order chi connectivity index (χ1) is 9.40. The van der Waals surface area contributed by atoms with Crippen molar-refractivity contribution < 1.29 is 9.53 Å². The van der Waals surface area contributed by atoms with Gasteiger partial charge in [0.15, 0.2) is 0 Å². The second kappa shape index (κ2) is 4.70. The fraction of sp³-hybridized carbons (Fsp3) is 0.938. The zero-order valence-corrected chi connectivity index (χ0v) is 13.0. The third kappa shape index (κ3) is 1.70. The molecule has 1 aliphatic carbocycles. The number of rotatable bonds is 1. The summed E-state index contributed by atoms with van der Waals surface area (Å²) in [7, 11) is 0. The summed E-state index contributed by atoms with van der Waals surface area (Å²) in [5, 5.41) is 0. The Balaban J connectivity index is 1.85. The van der Waals surface area contributed by atoms with Crippen molar-refractivity contribution in [1.29, 1.82) is 0 Å². The minimum Gasteiger partial charge on any atom is -0.377 e. The lowest BCUT2D eigenvalue weighted by molar-refractivity contribution is -0.185. The average molecular weight is 280 g/mol. The zero-order chi connectivity index (χ0) is 14.5. The summed E-state index contributed by atoms with van der Waals surface area (Å²) in [4.78, 5) is 15.2. The number of fused-ring (bicyclic) bond motifs is 1. The van der Waals surface area contributed by atoms with E-state index in [1.807, 2.05) is 0 Å². The molecule has 114 valence electrons. The van der Waals surface area contributed by atoms with Crippen molar-refractivity contribution in [2.75, 3.05) is 13.2 Å². The predicted octanol–water partition coefficient (Wildman–Crippen LogP) is 1.92. The molecule has 4 nitrogen and oxygen atoms in total. The maximum Gasteiger partial charge on any atom is 0.243 e. The Kier molecular flexibility index (Phi) is 3.37. The van der Waals surface area contributed by atoms with Crippen molar-refractivity contribution in [3.63, 3.8) is 0 Å². The average Bonchev–Trinajstić information content (AvgIpc) is 2.79. The van der Waals surface area contributed by atoms with Crippen molar-refractivity contribution in [1.82, 2.24) is 4.90 Å². The minimum absolute atomic E-state index is 0.165. The van der Waals surface area contributed by atoms with Gasteiger partial charge in [0.1, 0.15) is 5.54 Å². The summed E-state index contributed by atoms with van der Waals surface area (Å²) in [5.74, 6) is 0.379. The summed E-state index contributed by atoms with van der Waals surface area (Å²) >= 11 is 0. The molecule has 2 N–H and O–H groups in total. The molecular formula is C16H28N2O2. The summed E-state index contributed by atoms with van der Waals surface area (Å²) in [5.41, 5.74) is 5.70. The second-order valence-corrected chi connectivity index (χ2v) is 7.47. The highest BCUT2D eigenvalue weighted by atomic mass is 16.5. The van der Waals surface area contributed by atoms with E-state index in [9.17, 15) is 4.79 Å². The summed E-state index contributed by atoms with van der Waals surface area (Å²) in [6.45, 7) is 7.98. The van der Waals surface area contributed by atoms with E-state index in [2.05, 4.69) is 25.7 Å². The lowest BCUT2D eigenvalue weighted by Crippen LogP contribution is -2.80. The third-order valence-corrected chi connectivity index (χ3v) is 6.12. The Morgan fingerprint density at radius 3 is 2.75 bits per heavy atom. The topological polar surface area (TPSA) is 55.6 Å². The van der Waals surface area contributed by atoms with Crippen LogP contribution in [0.15, 0.2) is 0 Å². The number of nitrogens with zero attached hydrogens (tertiary/aromatic N) is 1. The fourth-order valence-electron chi connectivity index (χ4n) is 4.63. The summed E-state index contributed by atoms with van der Waals surface area (Å²) in [6, 6.07) is 0.322. The van der Waals surface area contributed by atoms with Crippen LogP contribution in [-0.4, -0.2) is 41.6 Å². The smallest absolute Gasteiger partial charge is 0.243 e. The van der Waals surface area contributed by atoms with Gasteiger partial charge in [0.05, 0.1) is 6.10 Å². The molecule has 3 fully saturated rings. The standard InChI is InChI=1S/C16H28N2O2/c1-11-7-5-4-6-9-18(11)14(19)16(17)12-8-10-20-13(12)15(16,2)3/h11-13H,4-10,17H2,1-3H3. The molecule has 2 heterocycles. The fourth-order valence-corrected chi connectivity index (χ4v) is 4.63. The first kappa shape index (κ1) is 14.3. The number of carbonyl (C=O) groups excluding carboxylic acids is 1. The molecule has 0 aromatic heterocycles. The van der Waals surface area contributed by atoms with Crippen molar-refractivity contribution in [2.45, 2.75) is 70.6 Å². The predicted molar refractivity (Wildman–Crippen MR) is 78.2 cm³/mol. The number of carbonyl (C=O) groups is 1. The molecule has 1 saturated carbocycles. The monoisotopic (exact) mass is 280 g/mol. The molecule has 2 aliphatic heterocycles. The zero-order valence-electron chi connectivity index (χ0n) is 13.0. The van der Waals surface area contributed by atoms with Gasteiger partial charge in [0, 0.05) is 30.5 Å². The van der Waals surface area contributed by atoms with Crippen LogP contribution in [0.25, 0.3) is 0 Å². The quantitative estimate of drug-likeness (QED) is 0.798. The van der Waals surface area contributed by atoms with Gasteiger partial charge in [-0.15, -0.1) is 0 Å². The molecule has 4 heteroatoms. The van der Waals surface area contributed by atoms with Crippen molar-refractivity contribution >= 4 is 5.91 Å². The molecule has 0 aromatic rings. The van der Waals surface area contributed by atoms with E-state index < -0.39 is 5.54 Å². The van der Waals surface area contributed by atoms with Crippen LogP contribution in [-0.2, 0) is 9.53 Å². The molecule has 0 spiro atoms. The highest BCUT2D eigenvalue weighted by molar-refractivity contribution is 5.90. The van der Waals surface area contributed by atoms with Crippen LogP contribution in [0.5, 0.6) is 0 Å². The van der Waals surface area contributed by atoms with Gasteiger partial charge in [-0.25, -0.2) is 0 Å². The van der Waals surface area contributed by atoms with Crippen LogP contribution in [0.4, 0.5) is 0 Å². The SMILES string of the molecule is CC1CCCCCN1C(=O)C1(N)C2CCOC2C1(C)C. The second-order valence-electron chi connectivity index (χ2n) is 7.47. The van der Waals surface area contributed by atoms with Gasteiger partial charge < -0.3 is 15.4 Å². The highest BCUT2D eigenvalue weighted by Crippen LogP contribution is 2.58. The van der Waals surface area contributed by atoms with E-state index in [0.29, 0.717) is 6.04 Å². The highest BCUT2D eigenvalue weighted by Gasteiger charge is 2.72. The van der Waals surface area contributed by atoms with Crippen LogP contribution >= 0.6 is 0 Å². The lowest BCUT2D eigenvalue weighted by Gasteiger charge is -2.62. The molecule has 0 bridgehead atoms. The maximum atomic E-state index is 13.2. The normalized spacial score (nSPS) is 43.6. The Morgan fingerprint density at radius 2 is 2.00 bits per heavy atom. The van der Waals surface area contributed by atoms with E-state index in [1.54, 1.807) is 0 Å². The molecule has 0 aromatic carbocycles. The van der Waals surface area contributed by atoms with Crippen LogP contribution in [0.3, 0.4) is 0 Å².